The van der Waals surface area contributed by atoms with Gasteiger partial charge in [0.2, 0.25) is 0 Å². The molecule has 0 aliphatic heterocycles. The van der Waals surface area contributed by atoms with Crippen LogP contribution in [0.2, 0.25) is 0 Å². The third kappa shape index (κ3) is 4.22. The highest BCUT2D eigenvalue weighted by molar-refractivity contribution is 5.91. The topological polar surface area (TPSA) is 73.6 Å². The van der Waals surface area contributed by atoms with Crippen molar-refractivity contribution in [2.24, 2.45) is 5.73 Å². The zero-order valence-electron chi connectivity index (χ0n) is 11.8. The summed E-state index contributed by atoms with van der Waals surface area (Å²) in [5.41, 5.74) is 7.24. The number of carbonyl (C=O) groups is 1. The molecule has 0 radical (unpaired) electrons. The predicted octanol–water partition coefficient (Wildman–Crippen LogP) is 2.17. The molecular formula is C16H18N2O3. The van der Waals surface area contributed by atoms with Crippen molar-refractivity contribution in [3.8, 4) is 11.5 Å². The molecule has 0 aromatic heterocycles. The van der Waals surface area contributed by atoms with E-state index in [4.69, 9.17) is 15.2 Å². The lowest BCUT2D eigenvalue weighted by Gasteiger charge is -2.10. The fourth-order valence-electron chi connectivity index (χ4n) is 1.80. The Morgan fingerprint density at radius 3 is 2.38 bits per heavy atom. The van der Waals surface area contributed by atoms with Crippen molar-refractivity contribution in [1.82, 2.24) is 0 Å². The Kier molecular flexibility index (Phi) is 5.17. The lowest BCUT2D eigenvalue weighted by molar-refractivity contribution is -0.118. The number of benzene rings is 2. The molecule has 0 saturated heterocycles. The highest BCUT2D eigenvalue weighted by Crippen LogP contribution is 2.25. The van der Waals surface area contributed by atoms with E-state index in [1.807, 2.05) is 36.4 Å². The number of carbonyl (C=O) groups excluding carboxylic acids is 1. The van der Waals surface area contributed by atoms with Gasteiger partial charge in [0.05, 0.1) is 7.11 Å². The molecule has 0 fully saturated rings. The summed E-state index contributed by atoms with van der Waals surface area (Å²) in [4.78, 5) is 11.8. The van der Waals surface area contributed by atoms with E-state index in [1.54, 1.807) is 19.2 Å². The van der Waals surface area contributed by atoms with E-state index >= 15 is 0 Å². The van der Waals surface area contributed by atoms with Crippen LogP contribution in [0.5, 0.6) is 11.5 Å². The van der Waals surface area contributed by atoms with Gasteiger partial charge in [-0.1, -0.05) is 24.3 Å². The first-order valence-electron chi connectivity index (χ1n) is 6.57. The third-order valence-corrected chi connectivity index (χ3v) is 2.90. The Morgan fingerprint density at radius 2 is 1.76 bits per heavy atom. The van der Waals surface area contributed by atoms with Gasteiger partial charge in [-0.25, -0.2) is 0 Å². The molecule has 2 rings (SSSR count). The number of hydrogen-bond donors (Lipinski definition) is 2. The number of ether oxygens (including phenoxy) is 2. The molecule has 0 spiro atoms. The molecule has 5 heteroatoms. The summed E-state index contributed by atoms with van der Waals surface area (Å²) in [6, 6.07) is 14.5. The molecule has 0 aliphatic carbocycles. The van der Waals surface area contributed by atoms with E-state index < -0.39 is 0 Å². The number of nitrogens with one attached hydrogen (secondary N) is 1. The Balaban J connectivity index is 1.89. The van der Waals surface area contributed by atoms with Crippen LogP contribution in [0.25, 0.3) is 0 Å². The van der Waals surface area contributed by atoms with Crippen LogP contribution in [0, 0.1) is 0 Å². The second-order valence-corrected chi connectivity index (χ2v) is 4.39. The number of hydrogen-bond acceptors (Lipinski definition) is 4. The highest BCUT2D eigenvalue weighted by atomic mass is 16.5. The van der Waals surface area contributed by atoms with Crippen molar-refractivity contribution in [2.45, 2.75) is 6.54 Å². The summed E-state index contributed by atoms with van der Waals surface area (Å²) < 4.78 is 10.6. The van der Waals surface area contributed by atoms with Crippen molar-refractivity contribution in [2.75, 3.05) is 19.0 Å². The van der Waals surface area contributed by atoms with E-state index in [0.717, 1.165) is 5.56 Å². The molecule has 0 saturated carbocycles. The Bertz CT molecular complexity index is 597. The Morgan fingerprint density at radius 1 is 1.10 bits per heavy atom. The first kappa shape index (κ1) is 14.9. The highest BCUT2D eigenvalue weighted by Gasteiger charge is 2.07. The minimum Gasteiger partial charge on any atom is -0.493 e. The number of methoxy groups -OCH3 is 1. The maximum atomic E-state index is 11.8. The number of anilines is 1. The van der Waals surface area contributed by atoms with Gasteiger partial charge in [-0.15, -0.1) is 0 Å². The quantitative estimate of drug-likeness (QED) is 0.853. The summed E-state index contributed by atoms with van der Waals surface area (Å²) in [5, 5.41) is 2.76. The van der Waals surface area contributed by atoms with Gasteiger partial charge in [0.15, 0.2) is 18.1 Å². The minimum absolute atomic E-state index is 0.0843. The van der Waals surface area contributed by atoms with Gasteiger partial charge in [-0.05, 0) is 29.8 Å². The summed E-state index contributed by atoms with van der Waals surface area (Å²) in [6.45, 7) is 0.393. The maximum absolute atomic E-state index is 11.8. The van der Waals surface area contributed by atoms with Gasteiger partial charge >= 0.3 is 0 Å². The molecule has 110 valence electrons. The molecule has 0 heterocycles. The number of nitrogens with two attached hydrogens (primary N) is 1. The van der Waals surface area contributed by atoms with Crippen molar-refractivity contribution in [3.63, 3.8) is 0 Å². The van der Waals surface area contributed by atoms with Gasteiger partial charge in [0.1, 0.15) is 0 Å². The molecule has 3 N–H and O–H groups in total. The average molecular weight is 286 g/mol. The van der Waals surface area contributed by atoms with Crippen molar-refractivity contribution in [3.05, 3.63) is 54.1 Å². The molecule has 2 aromatic rings. The lowest BCUT2D eigenvalue weighted by atomic mass is 10.2. The first-order chi connectivity index (χ1) is 10.2. The number of rotatable bonds is 6. The largest absolute Gasteiger partial charge is 0.493 e. The summed E-state index contributed by atoms with van der Waals surface area (Å²) in [5.74, 6) is 0.896. The van der Waals surface area contributed by atoms with Crippen LogP contribution in [0.15, 0.2) is 48.5 Å². The fourth-order valence-corrected chi connectivity index (χ4v) is 1.80. The van der Waals surface area contributed by atoms with E-state index in [2.05, 4.69) is 5.32 Å². The number of para-hydroxylation sites is 2. The minimum atomic E-state index is -0.235. The van der Waals surface area contributed by atoms with Gasteiger partial charge < -0.3 is 20.5 Å². The van der Waals surface area contributed by atoms with Crippen molar-refractivity contribution < 1.29 is 14.3 Å². The van der Waals surface area contributed by atoms with Crippen LogP contribution < -0.4 is 20.5 Å². The normalized spacial score (nSPS) is 10.0. The molecule has 0 atom stereocenters. The van der Waals surface area contributed by atoms with Gasteiger partial charge in [0, 0.05) is 12.2 Å². The molecule has 0 bridgehead atoms. The molecule has 0 aliphatic rings. The maximum Gasteiger partial charge on any atom is 0.262 e. The van der Waals surface area contributed by atoms with Crippen LogP contribution in [-0.4, -0.2) is 19.6 Å². The second-order valence-electron chi connectivity index (χ2n) is 4.39. The molecule has 0 unspecified atom stereocenters. The van der Waals surface area contributed by atoms with E-state index in [9.17, 15) is 4.79 Å². The van der Waals surface area contributed by atoms with Gasteiger partial charge in [0.25, 0.3) is 5.91 Å². The van der Waals surface area contributed by atoms with Gasteiger partial charge in [-0.3, -0.25) is 4.79 Å². The monoisotopic (exact) mass is 286 g/mol. The predicted molar refractivity (Wildman–Crippen MR) is 81.5 cm³/mol. The summed E-state index contributed by atoms with van der Waals surface area (Å²) >= 11 is 0. The van der Waals surface area contributed by atoms with Crippen LogP contribution in [0.4, 0.5) is 5.69 Å². The van der Waals surface area contributed by atoms with Gasteiger partial charge in [-0.2, -0.15) is 0 Å². The van der Waals surface area contributed by atoms with Crippen LogP contribution in [0.3, 0.4) is 0 Å². The first-order valence-corrected chi connectivity index (χ1v) is 6.57. The van der Waals surface area contributed by atoms with E-state index in [0.29, 0.717) is 23.7 Å². The standard InChI is InChI=1S/C16H18N2O3/c1-20-14-4-2-3-5-15(14)21-11-16(19)18-13-8-6-12(10-17)7-9-13/h2-9H,10-11,17H2,1H3,(H,18,19). The Labute approximate surface area is 123 Å². The SMILES string of the molecule is COc1ccccc1OCC(=O)Nc1ccc(CN)cc1. The molecule has 5 nitrogen and oxygen atoms in total. The zero-order chi connectivity index (χ0) is 15.1. The summed E-state index contributed by atoms with van der Waals surface area (Å²) in [7, 11) is 1.56. The molecular weight excluding hydrogens is 268 g/mol. The van der Waals surface area contributed by atoms with Crippen molar-refractivity contribution in [1.29, 1.82) is 0 Å². The van der Waals surface area contributed by atoms with E-state index in [-0.39, 0.29) is 12.5 Å². The lowest BCUT2D eigenvalue weighted by Crippen LogP contribution is -2.20. The van der Waals surface area contributed by atoms with E-state index in [1.165, 1.54) is 0 Å². The summed E-state index contributed by atoms with van der Waals surface area (Å²) in [6.07, 6.45) is 0. The molecule has 21 heavy (non-hydrogen) atoms. The van der Waals surface area contributed by atoms with Crippen LogP contribution >= 0.6 is 0 Å². The number of amides is 1. The van der Waals surface area contributed by atoms with Crippen LogP contribution in [0.1, 0.15) is 5.56 Å². The zero-order valence-corrected chi connectivity index (χ0v) is 11.8. The fraction of sp³-hybridized carbons (Fsp3) is 0.188. The second kappa shape index (κ2) is 7.31. The Hall–Kier alpha value is -2.53. The smallest absolute Gasteiger partial charge is 0.262 e. The molecule has 2 aromatic carbocycles. The third-order valence-electron chi connectivity index (χ3n) is 2.90. The molecule has 1 amide bonds. The van der Waals surface area contributed by atoms with Crippen molar-refractivity contribution >= 4 is 11.6 Å². The van der Waals surface area contributed by atoms with Crippen LogP contribution in [-0.2, 0) is 11.3 Å². The average Bonchev–Trinajstić information content (AvgIpc) is 2.54.